The van der Waals surface area contributed by atoms with Crippen molar-refractivity contribution in [1.82, 2.24) is 9.13 Å². The molecule has 12 aromatic rings. The number of aromatic nitrogens is 2. The molecule has 0 saturated carbocycles. The lowest BCUT2D eigenvalue weighted by molar-refractivity contribution is 0.669. The lowest BCUT2D eigenvalue weighted by atomic mass is 9.99. The molecule has 0 amide bonds. The molecule has 9 aromatic carbocycles. The maximum Gasteiger partial charge on any atom is 0.136 e. The van der Waals surface area contributed by atoms with Gasteiger partial charge in [0.25, 0.3) is 0 Å². The number of fused-ring (bicyclic) bond motifs is 9. The van der Waals surface area contributed by atoms with Crippen molar-refractivity contribution < 1.29 is 18.1 Å². The summed E-state index contributed by atoms with van der Waals surface area (Å²) in [6.45, 7) is 0. The molecular formula is C54H34N2O. The molecule has 3 aromatic heterocycles. The first-order chi connectivity index (χ1) is 32.4. The van der Waals surface area contributed by atoms with E-state index >= 15 is 0 Å². The molecular weight excluding hydrogens is 693 g/mol. The highest BCUT2D eigenvalue weighted by Gasteiger charge is 2.19. The van der Waals surface area contributed by atoms with Gasteiger partial charge in [0.1, 0.15) is 11.2 Å². The van der Waals surface area contributed by atoms with Gasteiger partial charge in [-0.1, -0.05) is 127 Å². The summed E-state index contributed by atoms with van der Waals surface area (Å²) >= 11 is 0. The van der Waals surface area contributed by atoms with E-state index in [1.807, 2.05) is 84.9 Å². The highest BCUT2D eigenvalue weighted by Crippen LogP contribution is 2.41. The monoisotopic (exact) mass is 736 g/mol. The Morgan fingerprint density at radius 3 is 1.60 bits per heavy atom. The van der Waals surface area contributed by atoms with Crippen LogP contribution in [0.1, 0.15) is 13.7 Å². The molecule has 3 nitrogen and oxygen atoms in total. The van der Waals surface area contributed by atoms with Gasteiger partial charge in [0.2, 0.25) is 0 Å². The van der Waals surface area contributed by atoms with E-state index in [-0.39, 0.29) is 47.4 Å². The molecule has 0 aliphatic carbocycles. The van der Waals surface area contributed by atoms with Crippen molar-refractivity contribution in [3.63, 3.8) is 0 Å². The maximum absolute atomic E-state index is 8.77. The molecule has 57 heavy (non-hydrogen) atoms. The smallest absolute Gasteiger partial charge is 0.136 e. The summed E-state index contributed by atoms with van der Waals surface area (Å²) in [6.07, 6.45) is 0. The van der Waals surface area contributed by atoms with Crippen LogP contribution in [0, 0.1) is 0 Å². The first-order valence-corrected chi connectivity index (χ1v) is 18.7. The fourth-order valence-electron chi connectivity index (χ4n) is 8.59. The zero-order valence-corrected chi connectivity index (χ0v) is 30.2. The average Bonchev–Trinajstić information content (AvgIpc) is 4.01. The second-order valence-electron chi connectivity index (χ2n) is 14.2. The van der Waals surface area contributed by atoms with E-state index in [1.165, 1.54) is 0 Å². The molecule has 0 unspecified atom stereocenters. The third-order valence-corrected chi connectivity index (χ3v) is 11.1. The lowest BCUT2D eigenvalue weighted by Crippen LogP contribution is -1.93. The average molecular weight is 737 g/mol. The molecule has 0 radical (unpaired) electrons. The van der Waals surface area contributed by atoms with Gasteiger partial charge >= 0.3 is 0 Å². The number of hydrogen-bond acceptors (Lipinski definition) is 1. The Hall–Kier alpha value is -7.62. The number of benzene rings is 9. The predicted molar refractivity (Wildman–Crippen MR) is 239 cm³/mol. The highest BCUT2D eigenvalue weighted by atomic mass is 16.3. The number of furan rings is 1. The van der Waals surface area contributed by atoms with Crippen molar-refractivity contribution in [3.05, 3.63) is 206 Å². The van der Waals surface area contributed by atoms with Gasteiger partial charge in [-0.3, -0.25) is 0 Å². The summed E-state index contributed by atoms with van der Waals surface area (Å²) in [4.78, 5) is 0. The van der Waals surface area contributed by atoms with Gasteiger partial charge in [-0.2, -0.15) is 0 Å². The number of rotatable bonds is 5. The van der Waals surface area contributed by atoms with E-state index in [1.54, 1.807) is 12.1 Å². The molecule has 0 N–H and O–H groups in total. The van der Waals surface area contributed by atoms with Crippen LogP contribution >= 0.6 is 0 Å². The third-order valence-electron chi connectivity index (χ3n) is 11.1. The molecule has 0 saturated heterocycles. The van der Waals surface area contributed by atoms with Crippen LogP contribution in [-0.4, -0.2) is 9.13 Å². The van der Waals surface area contributed by atoms with E-state index in [2.05, 4.69) is 57.7 Å². The molecule has 266 valence electrons. The van der Waals surface area contributed by atoms with Crippen LogP contribution in [0.5, 0.6) is 0 Å². The van der Waals surface area contributed by atoms with Crippen molar-refractivity contribution in [2.75, 3.05) is 0 Å². The van der Waals surface area contributed by atoms with Crippen LogP contribution < -0.4 is 0 Å². The topological polar surface area (TPSA) is 23.0 Å². The van der Waals surface area contributed by atoms with Crippen molar-refractivity contribution in [2.45, 2.75) is 0 Å². The van der Waals surface area contributed by atoms with Gasteiger partial charge in [-0.05, 0) is 112 Å². The minimum absolute atomic E-state index is 0.117. The normalized spacial score (nSPS) is 14.3. The van der Waals surface area contributed by atoms with Gasteiger partial charge < -0.3 is 13.6 Å². The summed E-state index contributed by atoms with van der Waals surface area (Å²) in [7, 11) is 0. The quantitative estimate of drug-likeness (QED) is 0.173. The van der Waals surface area contributed by atoms with Gasteiger partial charge in [0.15, 0.2) is 0 Å². The number of nitrogens with zero attached hydrogens (tertiary/aromatic N) is 2. The Labute approximate surface area is 342 Å². The molecule has 0 bridgehead atoms. The van der Waals surface area contributed by atoms with E-state index in [0.29, 0.717) is 27.7 Å². The molecule has 0 atom stereocenters. The molecule has 12 rings (SSSR count). The number of hydrogen-bond donors (Lipinski definition) is 0. The standard InChI is InChI=1S/C54H34N2O/c1-4-13-35(14-5-1)37-23-27-50-45(31-37)46-33-39(25-29-51(46)55(50)40-17-8-3-9-18-40)38-24-28-49-44(32-38)43-19-10-11-21-48(43)56(49)41-26-30-52-47(34-41)54-42(20-12-22-53(54)57-52)36-15-6-2-7-16-36/h1-34H/i1D,2D,4D,5D,6D,7D,13D,14D,15D,16D. The van der Waals surface area contributed by atoms with Crippen molar-refractivity contribution in [3.8, 4) is 44.8 Å². The minimum atomic E-state index is -0.444. The summed E-state index contributed by atoms with van der Waals surface area (Å²) in [5, 5.41) is 5.29. The Kier molecular flexibility index (Phi) is 5.10. The summed E-state index contributed by atoms with van der Waals surface area (Å²) in [5.74, 6) is 0. The van der Waals surface area contributed by atoms with Crippen molar-refractivity contribution >= 4 is 65.6 Å². The van der Waals surface area contributed by atoms with Crippen LogP contribution in [0.3, 0.4) is 0 Å². The van der Waals surface area contributed by atoms with Crippen LogP contribution in [0.4, 0.5) is 0 Å². The van der Waals surface area contributed by atoms with E-state index in [0.717, 1.165) is 71.5 Å². The first-order valence-electron chi connectivity index (χ1n) is 23.7. The summed E-state index contributed by atoms with van der Waals surface area (Å²) in [5.41, 5.74) is 10.0. The largest absolute Gasteiger partial charge is 0.456 e. The molecule has 3 heterocycles. The summed E-state index contributed by atoms with van der Waals surface area (Å²) in [6, 6.07) is 44.7. The third kappa shape index (κ3) is 4.92. The molecule has 0 aliphatic heterocycles. The zero-order chi connectivity index (χ0) is 46.2. The molecule has 0 spiro atoms. The highest BCUT2D eigenvalue weighted by molar-refractivity contribution is 6.15. The van der Waals surface area contributed by atoms with Crippen molar-refractivity contribution in [2.24, 2.45) is 0 Å². The fourth-order valence-corrected chi connectivity index (χ4v) is 8.59. The fraction of sp³-hybridized carbons (Fsp3) is 0. The maximum atomic E-state index is 8.77. The number of para-hydroxylation sites is 2. The molecule has 3 heteroatoms. The zero-order valence-electron chi connectivity index (χ0n) is 40.2. The van der Waals surface area contributed by atoms with Crippen LogP contribution in [0.25, 0.3) is 110 Å². The first kappa shape index (κ1) is 23.3. The second-order valence-corrected chi connectivity index (χ2v) is 14.2. The predicted octanol–water partition coefficient (Wildman–Crippen LogP) is 14.8. The molecule has 0 fully saturated rings. The molecule has 0 aliphatic rings. The van der Waals surface area contributed by atoms with Gasteiger partial charge in [0, 0.05) is 43.7 Å². The Morgan fingerprint density at radius 2 is 0.912 bits per heavy atom. The van der Waals surface area contributed by atoms with E-state index in [9.17, 15) is 0 Å². The van der Waals surface area contributed by atoms with Crippen LogP contribution in [0.2, 0.25) is 0 Å². The van der Waals surface area contributed by atoms with Crippen LogP contribution in [-0.2, 0) is 0 Å². The summed E-state index contributed by atoms with van der Waals surface area (Å²) < 4.78 is 95.5. The minimum Gasteiger partial charge on any atom is -0.456 e. The Balaban J connectivity index is 1.04. The van der Waals surface area contributed by atoms with Gasteiger partial charge in [-0.25, -0.2) is 0 Å². The lowest BCUT2D eigenvalue weighted by Gasteiger charge is -2.10. The van der Waals surface area contributed by atoms with E-state index < -0.39 is 24.2 Å². The SMILES string of the molecule is [2H]c1c([2H])c([2H])c(-c2ccc3c(c2)c2cc(-c4ccc5c(c4)c4ccccc4n5-c4ccc5oc6cccc(-c7c([2H])c([2H])c([2H])c([2H])c7[2H])c6c5c4)ccc2n3-c2ccccc2)c([2H])c1[2H]. The van der Waals surface area contributed by atoms with Gasteiger partial charge in [0.05, 0.1) is 35.8 Å². The van der Waals surface area contributed by atoms with Crippen molar-refractivity contribution in [1.29, 1.82) is 0 Å². The Bertz CT molecular complexity index is 4060. The van der Waals surface area contributed by atoms with E-state index in [4.69, 9.17) is 18.1 Å². The van der Waals surface area contributed by atoms with Crippen LogP contribution in [0.15, 0.2) is 210 Å². The second kappa shape index (κ2) is 12.5. The Morgan fingerprint density at radius 1 is 0.351 bits per heavy atom. The van der Waals surface area contributed by atoms with Gasteiger partial charge in [-0.15, -0.1) is 0 Å².